The number of anilines is 1. The van der Waals surface area contributed by atoms with Crippen molar-refractivity contribution >= 4 is 32.8 Å². The summed E-state index contributed by atoms with van der Waals surface area (Å²) in [6, 6.07) is 8.45. The SMILES string of the molecule is CC(C)(C)N(C(=O)O)[C@H]1C[C@@H](Nc2nc3ccccc3s2)C1. The van der Waals surface area contributed by atoms with Gasteiger partial charge in [0, 0.05) is 17.6 Å². The van der Waals surface area contributed by atoms with E-state index in [2.05, 4.69) is 16.4 Å². The number of rotatable bonds is 3. The van der Waals surface area contributed by atoms with Crippen molar-refractivity contribution in [3.05, 3.63) is 24.3 Å². The maximum Gasteiger partial charge on any atom is 0.407 e. The molecule has 1 aliphatic rings. The number of benzene rings is 1. The summed E-state index contributed by atoms with van der Waals surface area (Å²) in [6.45, 7) is 5.82. The molecule has 6 heteroatoms. The van der Waals surface area contributed by atoms with Gasteiger partial charge in [-0.15, -0.1) is 0 Å². The molecule has 5 nitrogen and oxygen atoms in total. The number of thiazole rings is 1. The zero-order chi connectivity index (χ0) is 15.9. The number of hydrogen-bond acceptors (Lipinski definition) is 4. The van der Waals surface area contributed by atoms with Crippen LogP contribution < -0.4 is 5.32 Å². The standard InChI is InChI=1S/C16H21N3O2S/c1-16(2,3)19(15(20)21)11-8-10(9-11)17-14-18-12-6-4-5-7-13(12)22-14/h4-7,10-11H,8-9H2,1-3H3,(H,17,18)(H,20,21)/t10-,11+. The molecular weight excluding hydrogens is 298 g/mol. The fourth-order valence-electron chi connectivity index (χ4n) is 3.02. The van der Waals surface area contributed by atoms with Crippen LogP contribution in [0.3, 0.4) is 0 Å². The lowest BCUT2D eigenvalue weighted by Crippen LogP contribution is -2.58. The van der Waals surface area contributed by atoms with Crippen LogP contribution in [-0.2, 0) is 0 Å². The summed E-state index contributed by atoms with van der Waals surface area (Å²) in [6.07, 6.45) is 0.829. The lowest BCUT2D eigenvalue weighted by atomic mass is 9.83. The van der Waals surface area contributed by atoms with E-state index in [9.17, 15) is 9.90 Å². The van der Waals surface area contributed by atoms with E-state index in [0.717, 1.165) is 23.5 Å². The minimum atomic E-state index is -0.837. The van der Waals surface area contributed by atoms with Crippen molar-refractivity contribution in [1.29, 1.82) is 0 Å². The van der Waals surface area contributed by atoms with Gasteiger partial charge in [0.05, 0.1) is 10.2 Å². The highest BCUT2D eigenvalue weighted by Crippen LogP contribution is 2.34. The molecule has 22 heavy (non-hydrogen) atoms. The number of nitrogens with zero attached hydrogens (tertiary/aromatic N) is 2. The van der Waals surface area contributed by atoms with Gasteiger partial charge in [0.15, 0.2) is 5.13 Å². The number of hydrogen-bond donors (Lipinski definition) is 2. The van der Waals surface area contributed by atoms with Gasteiger partial charge in [0.1, 0.15) is 0 Å². The number of carbonyl (C=O) groups is 1. The number of fused-ring (bicyclic) bond motifs is 1. The Kier molecular flexibility index (Phi) is 3.72. The lowest BCUT2D eigenvalue weighted by molar-refractivity contribution is 0.0379. The Morgan fingerprint density at radius 3 is 2.64 bits per heavy atom. The van der Waals surface area contributed by atoms with Gasteiger partial charge in [0.25, 0.3) is 0 Å². The quantitative estimate of drug-likeness (QED) is 0.897. The third kappa shape index (κ3) is 2.88. The molecule has 0 radical (unpaired) electrons. The molecule has 0 unspecified atom stereocenters. The van der Waals surface area contributed by atoms with Gasteiger partial charge in [-0.25, -0.2) is 9.78 Å². The molecule has 1 aromatic carbocycles. The highest BCUT2D eigenvalue weighted by molar-refractivity contribution is 7.22. The smallest absolute Gasteiger partial charge is 0.407 e. The lowest BCUT2D eigenvalue weighted by Gasteiger charge is -2.47. The van der Waals surface area contributed by atoms with Crippen LogP contribution in [0.2, 0.25) is 0 Å². The van der Waals surface area contributed by atoms with E-state index in [1.54, 1.807) is 16.2 Å². The van der Waals surface area contributed by atoms with Crippen LogP contribution in [0.5, 0.6) is 0 Å². The van der Waals surface area contributed by atoms with Crippen LogP contribution >= 0.6 is 11.3 Å². The van der Waals surface area contributed by atoms with E-state index >= 15 is 0 Å². The topological polar surface area (TPSA) is 65.5 Å². The molecule has 0 aliphatic heterocycles. The second-order valence-corrected chi connectivity index (χ2v) is 7.81. The van der Waals surface area contributed by atoms with Crippen LogP contribution in [-0.4, -0.2) is 38.7 Å². The Labute approximate surface area is 134 Å². The van der Waals surface area contributed by atoms with Crippen molar-refractivity contribution in [1.82, 2.24) is 9.88 Å². The fourth-order valence-corrected chi connectivity index (χ4v) is 3.96. The number of amides is 1. The predicted octanol–water partition coefficient (Wildman–Crippen LogP) is 4.02. The first-order valence-electron chi connectivity index (χ1n) is 7.49. The summed E-state index contributed by atoms with van der Waals surface area (Å²) < 4.78 is 1.17. The Morgan fingerprint density at radius 2 is 2.05 bits per heavy atom. The minimum absolute atomic E-state index is 0.0874. The fraction of sp³-hybridized carbons (Fsp3) is 0.500. The zero-order valence-electron chi connectivity index (χ0n) is 13.0. The van der Waals surface area contributed by atoms with Crippen LogP contribution in [0.15, 0.2) is 24.3 Å². The summed E-state index contributed by atoms with van der Waals surface area (Å²) >= 11 is 1.64. The number of aromatic nitrogens is 1. The molecule has 0 spiro atoms. The Bertz CT molecular complexity index is 653. The molecule has 3 rings (SSSR count). The first-order valence-corrected chi connectivity index (χ1v) is 8.30. The van der Waals surface area contributed by atoms with Crippen molar-refractivity contribution in [3.63, 3.8) is 0 Å². The second kappa shape index (κ2) is 5.43. The molecule has 1 saturated carbocycles. The summed E-state index contributed by atoms with van der Waals surface area (Å²) in [4.78, 5) is 17.6. The molecule has 0 bridgehead atoms. The maximum absolute atomic E-state index is 11.5. The minimum Gasteiger partial charge on any atom is -0.465 e. The van der Waals surface area contributed by atoms with Crippen molar-refractivity contribution < 1.29 is 9.90 Å². The van der Waals surface area contributed by atoms with Gasteiger partial charge in [-0.2, -0.15) is 0 Å². The molecule has 2 aromatic rings. The summed E-state index contributed by atoms with van der Waals surface area (Å²) in [7, 11) is 0. The average molecular weight is 319 g/mol. The molecule has 1 aliphatic carbocycles. The van der Waals surface area contributed by atoms with E-state index in [4.69, 9.17) is 0 Å². The molecule has 118 valence electrons. The van der Waals surface area contributed by atoms with Crippen molar-refractivity contribution in [2.24, 2.45) is 0 Å². The zero-order valence-corrected chi connectivity index (χ0v) is 13.9. The van der Waals surface area contributed by atoms with Crippen LogP contribution in [0.25, 0.3) is 10.2 Å². The summed E-state index contributed by atoms with van der Waals surface area (Å²) in [5.74, 6) is 0. The molecule has 1 fully saturated rings. The Morgan fingerprint density at radius 1 is 1.36 bits per heavy atom. The molecule has 1 aromatic heterocycles. The maximum atomic E-state index is 11.5. The van der Waals surface area contributed by atoms with Crippen LogP contribution in [0.1, 0.15) is 33.6 Å². The van der Waals surface area contributed by atoms with Crippen molar-refractivity contribution in [2.45, 2.75) is 51.2 Å². The second-order valence-electron chi connectivity index (χ2n) is 6.78. The molecule has 0 atom stereocenters. The third-order valence-electron chi connectivity index (χ3n) is 4.03. The molecule has 0 saturated heterocycles. The van der Waals surface area contributed by atoms with Gasteiger partial charge < -0.3 is 15.3 Å². The number of para-hydroxylation sites is 1. The Balaban J connectivity index is 1.62. The van der Waals surface area contributed by atoms with E-state index in [1.807, 2.05) is 39.0 Å². The van der Waals surface area contributed by atoms with E-state index in [-0.39, 0.29) is 11.6 Å². The summed E-state index contributed by atoms with van der Waals surface area (Å²) in [5, 5.41) is 13.8. The summed E-state index contributed by atoms with van der Waals surface area (Å²) in [5.41, 5.74) is 0.643. The van der Waals surface area contributed by atoms with Crippen molar-refractivity contribution in [3.8, 4) is 0 Å². The normalized spacial score (nSPS) is 21.4. The highest BCUT2D eigenvalue weighted by atomic mass is 32.1. The number of nitrogens with one attached hydrogen (secondary N) is 1. The third-order valence-corrected chi connectivity index (χ3v) is 5.00. The monoisotopic (exact) mass is 319 g/mol. The predicted molar refractivity (Wildman–Crippen MR) is 89.7 cm³/mol. The van der Waals surface area contributed by atoms with Crippen LogP contribution in [0.4, 0.5) is 9.93 Å². The van der Waals surface area contributed by atoms with Gasteiger partial charge in [-0.1, -0.05) is 23.5 Å². The first kappa shape index (κ1) is 15.1. The highest BCUT2D eigenvalue weighted by Gasteiger charge is 2.41. The average Bonchev–Trinajstić information content (AvgIpc) is 2.76. The molecule has 1 heterocycles. The van der Waals surface area contributed by atoms with Gasteiger partial charge in [-0.05, 0) is 45.7 Å². The van der Waals surface area contributed by atoms with Crippen LogP contribution in [0, 0.1) is 0 Å². The molecule has 2 N–H and O–H groups in total. The number of carboxylic acid groups (broad SMARTS) is 1. The van der Waals surface area contributed by atoms with Gasteiger partial charge in [-0.3, -0.25) is 0 Å². The molecule has 1 amide bonds. The molecular formula is C16H21N3O2S. The van der Waals surface area contributed by atoms with Gasteiger partial charge in [0.2, 0.25) is 0 Å². The van der Waals surface area contributed by atoms with E-state index in [1.165, 1.54) is 4.70 Å². The Hall–Kier alpha value is -1.82. The largest absolute Gasteiger partial charge is 0.465 e. The van der Waals surface area contributed by atoms with Crippen molar-refractivity contribution in [2.75, 3.05) is 5.32 Å². The van der Waals surface area contributed by atoms with E-state index < -0.39 is 6.09 Å². The first-order chi connectivity index (χ1) is 10.3. The van der Waals surface area contributed by atoms with Gasteiger partial charge >= 0.3 is 6.09 Å². The van der Waals surface area contributed by atoms with E-state index in [0.29, 0.717) is 6.04 Å².